The summed E-state index contributed by atoms with van der Waals surface area (Å²) in [6, 6.07) is 8.16. The minimum Gasteiger partial charge on any atom is -0.325 e. The van der Waals surface area contributed by atoms with E-state index in [1.165, 1.54) is 5.56 Å². The van der Waals surface area contributed by atoms with Crippen molar-refractivity contribution in [3.05, 3.63) is 46.7 Å². The molecule has 0 bridgehead atoms. The molecule has 0 atom stereocenters. The van der Waals surface area contributed by atoms with Crippen LogP contribution in [0.25, 0.3) is 5.69 Å². The summed E-state index contributed by atoms with van der Waals surface area (Å²) in [5.74, 6) is 0. The van der Waals surface area contributed by atoms with E-state index in [-0.39, 0.29) is 5.54 Å². The second kappa shape index (κ2) is 4.63. The van der Waals surface area contributed by atoms with Gasteiger partial charge in [-0.3, -0.25) is 0 Å². The lowest BCUT2D eigenvalue weighted by molar-refractivity contribution is 0.516. The molecule has 1 aromatic carbocycles. The molecule has 1 heterocycles. The highest BCUT2D eigenvalue weighted by Gasteiger charge is 2.13. The monoisotopic (exact) mass is 293 g/mol. The molecule has 2 rings (SSSR count). The van der Waals surface area contributed by atoms with Crippen LogP contribution in [0.1, 0.15) is 19.4 Å². The number of aromatic nitrogens is 2. The van der Waals surface area contributed by atoms with Crippen LogP contribution in [0.15, 0.2) is 41.1 Å². The molecule has 1 aromatic heterocycles. The van der Waals surface area contributed by atoms with Gasteiger partial charge in [0, 0.05) is 22.4 Å². The second-order valence-electron chi connectivity index (χ2n) is 4.90. The Bertz CT molecular complexity index is 498. The summed E-state index contributed by atoms with van der Waals surface area (Å²) in [5, 5.41) is 4.21. The molecular formula is C13H16BrN3. The maximum Gasteiger partial charge on any atom is 0.0787 e. The molecule has 0 aliphatic carbocycles. The molecule has 0 unspecified atom stereocenters. The molecule has 0 aliphatic heterocycles. The van der Waals surface area contributed by atoms with E-state index >= 15 is 0 Å². The summed E-state index contributed by atoms with van der Waals surface area (Å²) < 4.78 is 2.87. The van der Waals surface area contributed by atoms with Gasteiger partial charge in [-0.2, -0.15) is 5.10 Å². The summed E-state index contributed by atoms with van der Waals surface area (Å²) in [6.07, 6.45) is 4.54. The van der Waals surface area contributed by atoms with E-state index in [2.05, 4.69) is 39.2 Å². The average molecular weight is 294 g/mol. The zero-order valence-electron chi connectivity index (χ0n) is 10.0. The van der Waals surface area contributed by atoms with E-state index < -0.39 is 0 Å². The van der Waals surface area contributed by atoms with Crippen molar-refractivity contribution < 1.29 is 0 Å². The fourth-order valence-corrected chi connectivity index (χ4v) is 2.39. The Morgan fingerprint density at radius 1 is 1.41 bits per heavy atom. The van der Waals surface area contributed by atoms with E-state index in [4.69, 9.17) is 5.73 Å². The number of nitrogens with two attached hydrogens (primary N) is 1. The van der Waals surface area contributed by atoms with Gasteiger partial charge in [-0.05, 0) is 60.0 Å². The Hall–Kier alpha value is -1.13. The van der Waals surface area contributed by atoms with Gasteiger partial charge in [-0.1, -0.05) is 6.07 Å². The highest BCUT2D eigenvalue weighted by molar-refractivity contribution is 9.10. The molecule has 2 N–H and O–H groups in total. The molecule has 0 spiro atoms. The van der Waals surface area contributed by atoms with Gasteiger partial charge in [0.1, 0.15) is 0 Å². The Kier molecular flexibility index (Phi) is 3.35. The molecular weight excluding hydrogens is 278 g/mol. The maximum atomic E-state index is 6.02. The first kappa shape index (κ1) is 12.3. The first-order chi connectivity index (χ1) is 7.96. The number of benzene rings is 1. The van der Waals surface area contributed by atoms with E-state index in [1.807, 2.05) is 30.8 Å². The fourth-order valence-electron chi connectivity index (χ4n) is 1.78. The van der Waals surface area contributed by atoms with Crippen LogP contribution in [-0.2, 0) is 6.42 Å². The third-order valence-corrected chi connectivity index (χ3v) is 3.06. The molecule has 0 saturated carbocycles. The first-order valence-corrected chi connectivity index (χ1v) is 6.32. The van der Waals surface area contributed by atoms with Crippen molar-refractivity contribution in [1.29, 1.82) is 0 Å². The molecule has 4 heteroatoms. The van der Waals surface area contributed by atoms with Crippen LogP contribution in [0.3, 0.4) is 0 Å². The van der Waals surface area contributed by atoms with Gasteiger partial charge in [-0.15, -0.1) is 0 Å². The Labute approximate surface area is 110 Å². The highest BCUT2D eigenvalue weighted by atomic mass is 79.9. The minimum absolute atomic E-state index is 0.188. The summed E-state index contributed by atoms with van der Waals surface area (Å²) in [5.41, 5.74) is 8.09. The van der Waals surface area contributed by atoms with Crippen LogP contribution >= 0.6 is 15.9 Å². The zero-order chi connectivity index (χ0) is 12.5. The van der Waals surface area contributed by atoms with E-state index in [1.54, 1.807) is 6.20 Å². The van der Waals surface area contributed by atoms with Crippen LogP contribution < -0.4 is 5.73 Å². The van der Waals surface area contributed by atoms with E-state index in [0.717, 1.165) is 16.6 Å². The number of hydrogen-bond donors (Lipinski definition) is 1. The predicted octanol–water partition coefficient (Wildman–Crippen LogP) is 2.91. The quantitative estimate of drug-likeness (QED) is 0.946. The normalized spacial score (nSPS) is 11.8. The standard InChI is InChI=1S/C13H16BrN3/c1-13(2,15)9-10-4-5-12(11(14)8-10)17-7-3-6-16-17/h3-8H,9,15H2,1-2H3. The molecule has 90 valence electrons. The molecule has 0 saturated heterocycles. The summed E-state index contributed by atoms with van der Waals surface area (Å²) >= 11 is 3.57. The van der Waals surface area contributed by atoms with Crippen molar-refractivity contribution in [1.82, 2.24) is 9.78 Å². The molecule has 0 amide bonds. The van der Waals surface area contributed by atoms with Crippen molar-refractivity contribution in [3.63, 3.8) is 0 Å². The smallest absolute Gasteiger partial charge is 0.0787 e. The van der Waals surface area contributed by atoms with Crippen molar-refractivity contribution in [2.75, 3.05) is 0 Å². The van der Waals surface area contributed by atoms with Gasteiger partial charge in [0.15, 0.2) is 0 Å². The highest BCUT2D eigenvalue weighted by Crippen LogP contribution is 2.23. The lowest BCUT2D eigenvalue weighted by Crippen LogP contribution is -2.34. The Morgan fingerprint density at radius 2 is 2.18 bits per heavy atom. The van der Waals surface area contributed by atoms with Crippen LogP contribution in [0.2, 0.25) is 0 Å². The number of hydrogen-bond acceptors (Lipinski definition) is 2. The van der Waals surface area contributed by atoms with Crippen molar-refractivity contribution in [2.45, 2.75) is 25.8 Å². The molecule has 0 fully saturated rings. The number of nitrogens with zero attached hydrogens (tertiary/aromatic N) is 2. The fraction of sp³-hybridized carbons (Fsp3) is 0.308. The van der Waals surface area contributed by atoms with Gasteiger partial charge in [0.25, 0.3) is 0 Å². The second-order valence-corrected chi connectivity index (χ2v) is 5.76. The molecule has 3 nitrogen and oxygen atoms in total. The van der Waals surface area contributed by atoms with Crippen molar-refractivity contribution >= 4 is 15.9 Å². The van der Waals surface area contributed by atoms with Crippen molar-refractivity contribution in [2.24, 2.45) is 5.73 Å². The molecule has 0 aliphatic rings. The largest absolute Gasteiger partial charge is 0.325 e. The SMILES string of the molecule is CC(C)(N)Cc1ccc(-n2cccn2)c(Br)c1. The molecule has 17 heavy (non-hydrogen) atoms. The topological polar surface area (TPSA) is 43.8 Å². The third kappa shape index (κ3) is 3.17. The van der Waals surface area contributed by atoms with Crippen LogP contribution in [-0.4, -0.2) is 15.3 Å². The summed E-state index contributed by atoms with van der Waals surface area (Å²) in [6.45, 7) is 4.06. The molecule has 2 aromatic rings. The maximum absolute atomic E-state index is 6.02. The number of halogens is 1. The molecule has 0 radical (unpaired) electrons. The predicted molar refractivity (Wildman–Crippen MR) is 73.2 cm³/mol. The van der Waals surface area contributed by atoms with Gasteiger partial charge in [-0.25, -0.2) is 4.68 Å². The van der Waals surface area contributed by atoms with Gasteiger partial charge < -0.3 is 5.73 Å². The first-order valence-electron chi connectivity index (χ1n) is 5.53. The minimum atomic E-state index is -0.188. The Balaban J connectivity index is 2.30. The third-order valence-electron chi connectivity index (χ3n) is 2.42. The van der Waals surface area contributed by atoms with Gasteiger partial charge >= 0.3 is 0 Å². The van der Waals surface area contributed by atoms with Crippen LogP contribution in [0, 0.1) is 0 Å². The lowest BCUT2D eigenvalue weighted by atomic mass is 9.96. The van der Waals surface area contributed by atoms with E-state index in [9.17, 15) is 0 Å². The summed E-state index contributed by atoms with van der Waals surface area (Å²) in [4.78, 5) is 0. The zero-order valence-corrected chi connectivity index (χ0v) is 11.6. The Morgan fingerprint density at radius 3 is 2.71 bits per heavy atom. The van der Waals surface area contributed by atoms with Crippen LogP contribution in [0.4, 0.5) is 0 Å². The van der Waals surface area contributed by atoms with E-state index in [0.29, 0.717) is 0 Å². The number of rotatable bonds is 3. The lowest BCUT2D eigenvalue weighted by Gasteiger charge is -2.19. The van der Waals surface area contributed by atoms with Crippen LogP contribution in [0.5, 0.6) is 0 Å². The average Bonchev–Trinajstić information content (AvgIpc) is 2.68. The van der Waals surface area contributed by atoms with Crippen molar-refractivity contribution in [3.8, 4) is 5.69 Å². The van der Waals surface area contributed by atoms with Gasteiger partial charge in [0.05, 0.1) is 5.69 Å². The summed E-state index contributed by atoms with van der Waals surface area (Å²) in [7, 11) is 0. The van der Waals surface area contributed by atoms with Gasteiger partial charge in [0.2, 0.25) is 0 Å².